The average molecular weight is 392 g/mol. The van der Waals surface area contributed by atoms with Gasteiger partial charge in [-0.25, -0.2) is 13.4 Å². The van der Waals surface area contributed by atoms with Gasteiger partial charge >= 0.3 is 0 Å². The number of hydrogen-bond acceptors (Lipinski definition) is 8. The first-order chi connectivity index (χ1) is 13.0. The summed E-state index contributed by atoms with van der Waals surface area (Å²) in [7, 11) is 0.202. The van der Waals surface area contributed by atoms with Gasteiger partial charge in [0.1, 0.15) is 5.82 Å². The summed E-state index contributed by atoms with van der Waals surface area (Å²) in [4.78, 5) is 10.9. The number of methoxy groups -OCH3 is 2. The van der Waals surface area contributed by atoms with Crippen LogP contribution in [0.4, 0.5) is 17.5 Å². The highest BCUT2D eigenvalue weighted by molar-refractivity contribution is 7.91. The summed E-state index contributed by atoms with van der Waals surface area (Å²) in [6.45, 7) is 2.67. The van der Waals surface area contributed by atoms with Gasteiger partial charge < -0.3 is 19.7 Å². The summed E-state index contributed by atoms with van der Waals surface area (Å²) in [6.07, 6.45) is 2.29. The lowest BCUT2D eigenvalue weighted by molar-refractivity contribution is 0.355. The number of hydrogen-bond donors (Lipinski definition) is 1. The van der Waals surface area contributed by atoms with E-state index in [0.29, 0.717) is 36.2 Å². The minimum Gasteiger partial charge on any atom is -0.493 e. The van der Waals surface area contributed by atoms with Gasteiger partial charge in [0.05, 0.1) is 25.7 Å². The Morgan fingerprint density at radius 3 is 2.63 bits per heavy atom. The van der Waals surface area contributed by atoms with Gasteiger partial charge in [0.15, 0.2) is 21.3 Å². The molecule has 2 heterocycles. The van der Waals surface area contributed by atoms with Gasteiger partial charge in [-0.3, -0.25) is 0 Å². The van der Waals surface area contributed by atoms with E-state index in [4.69, 9.17) is 9.47 Å². The molecule has 1 saturated heterocycles. The minimum absolute atomic E-state index is 0.0520. The summed E-state index contributed by atoms with van der Waals surface area (Å²) >= 11 is 0. The Kier molecular flexibility index (Phi) is 5.69. The van der Waals surface area contributed by atoms with Crippen LogP contribution in [0.15, 0.2) is 30.5 Å². The molecule has 0 aliphatic carbocycles. The second-order valence-electron chi connectivity index (χ2n) is 6.28. The minimum atomic E-state index is -2.96. The first kappa shape index (κ1) is 19.2. The molecule has 1 aromatic carbocycles. The lowest BCUT2D eigenvalue weighted by Gasteiger charge is -2.28. The zero-order chi connectivity index (χ0) is 19.4. The summed E-state index contributed by atoms with van der Waals surface area (Å²) in [5, 5.41) is 3.15. The van der Waals surface area contributed by atoms with Crippen LogP contribution in [0.3, 0.4) is 0 Å². The average Bonchev–Trinajstić information content (AvgIpc) is 3.02. The topological polar surface area (TPSA) is 93.7 Å². The molecule has 0 bridgehead atoms. The zero-order valence-corrected chi connectivity index (χ0v) is 16.5. The zero-order valence-electron chi connectivity index (χ0n) is 15.7. The molecule has 1 fully saturated rings. The molecule has 0 radical (unpaired) electrons. The maximum Gasteiger partial charge on any atom is 0.229 e. The Morgan fingerprint density at radius 1 is 1.22 bits per heavy atom. The van der Waals surface area contributed by atoms with Crippen molar-refractivity contribution in [2.45, 2.75) is 19.4 Å². The van der Waals surface area contributed by atoms with E-state index in [9.17, 15) is 8.42 Å². The Labute approximate surface area is 159 Å². The molecule has 1 N–H and O–H groups in total. The van der Waals surface area contributed by atoms with Crippen LogP contribution < -0.4 is 19.7 Å². The fourth-order valence-corrected chi connectivity index (χ4v) is 4.97. The molecule has 0 amide bonds. The molecule has 1 aliphatic heterocycles. The molecule has 1 atom stereocenters. The molecule has 0 spiro atoms. The van der Waals surface area contributed by atoms with Crippen molar-refractivity contribution in [3.8, 4) is 11.5 Å². The first-order valence-corrected chi connectivity index (χ1v) is 10.6. The maximum absolute atomic E-state index is 11.8. The second-order valence-corrected chi connectivity index (χ2v) is 8.50. The van der Waals surface area contributed by atoms with E-state index in [1.165, 1.54) is 0 Å². The van der Waals surface area contributed by atoms with Crippen LogP contribution in [0.25, 0.3) is 0 Å². The molecule has 146 valence electrons. The molecule has 2 aromatic rings. The van der Waals surface area contributed by atoms with Gasteiger partial charge in [-0.05, 0) is 31.5 Å². The number of benzene rings is 1. The van der Waals surface area contributed by atoms with E-state index >= 15 is 0 Å². The van der Waals surface area contributed by atoms with Crippen molar-refractivity contribution in [1.82, 2.24) is 9.97 Å². The summed E-state index contributed by atoms with van der Waals surface area (Å²) in [5.74, 6) is 2.78. The van der Waals surface area contributed by atoms with Crippen molar-refractivity contribution in [1.29, 1.82) is 0 Å². The first-order valence-electron chi connectivity index (χ1n) is 8.75. The number of rotatable bonds is 7. The van der Waals surface area contributed by atoms with Crippen molar-refractivity contribution in [2.75, 3.05) is 42.5 Å². The highest BCUT2D eigenvalue weighted by Gasteiger charge is 2.32. The number of aromatic nitrogens is 2. The van der Waals surface area contributed by atoms with Crippen LogP contribution in [-0.2, 0) is 9.84 Å². The molecule has 3 rings (SSSR count). The summed E-state index contributed by atoms with van der Waals surface area (Å²) < 4.78 is 34.2. The third-order valence-electron chi connectivity index (χ3n) is 4.56. The lowest BCUT2D eigenvalue weighted by atomic mass is 10.2. The highest BCUT2D eigenvalue weighted by Crippen LogP contribution is 2.31. The number of nitrogens with zero attached hydrogens (tertiary/aromatic N) is 3. The molecule has 1 aromatic heterocycles. The fraction of sp³-hybridized carbons (Fsp3) is 0.444. The number of anilines is 3. The van der Waals surface area contributed by atoms with Crippen LogP contribution >= 0.6 is 0 Å². The van der Waals surface area contributed by atoms with Gasteiger partial charge in [0, 0.05) is 30.5 Å². The van der Waals surface area contributed by atoms with Crippen LogP contribution in [0.1, 0.15) is 13.3 Å². The standard InChI is InChI=1S/C18H24N4O4S/c1-4-22(14-8-10-27(23,24)12-14)17-7-9-19-18(21-17)20-13-5-6-15(25-2)16(11-13)26-3/h5-7,9,11,14H,4,8,10,12H2,1-3H3,(H,19,20,21). The Balaban J connectivity index is 1.81. The van der Waals surface area contributed by atoms with Gasteiger partial charge in [0.2, 0.25) is 5.95 Å². The SMILES string of the molecule is CCN(c1ccnc(Nc2ccc(OC)c(OC)c2)n1)C1CCS(=O)(=O)C1. The third-order valence-corrected chi connectivity index (χ3v) is 6.32. The Hall–Kier alpha value is -2.55. The van der Waals surface area contributed by atoms with Crippen LogP contribution in [0.2, 0.25) is 0 Å². The quantitative estimate of drug-likeness (QED) is 0.767. The predicted molar refractivity (Wildman–Crippen MR) is 105 cm³/mol. The van der Waals surface area contributed by atoms with E-state index in [0.717, 1.165) is 5.69 Å². The maximum atomic E-state index is 11.8. The van der Waals surface area contributed by atoms with Crippen molar-refractivity contribution in [3.05, 3.63) is 30.5 Å². The monoisotopic (exact) mass is 392 g/mol. The molecule has 1 unspecified atom stereocenters. The van der Waals surface area contributed by atoms with Crippen molar-refractivity contribution < 1.29 is 17.9 Å². The molecule has 8 nitrogen and oxygen atoms in total. The summed E-state index contributed by atoms with van der Waals surface area (Å²) in [5.41, 5.74) is 0.760. The lowest BCUT2D eigenvalue weighted by Crippen LogP contribution is -2.36. The van der Waals surface area contributed by atoms with E-state index in [1.54, 1.807) is 38.6 Å². The second kappa shape index (κ2) is 7.99. The third kappa shape index (κ3) is 4.41. The number of nitrogens with one attached hydrogen (secondary N) is 1. The van der Waals surface area contributed by atoms with Crippen LogP contribution in [0, 0.1) is 0 Å². The molecule has 9 heteroatoms. The van der Waals surface area contributed by atoms with Gasteiger partial charge in [-0.1, -0.05) is 0 Å². The summed E-state index contributed by atoms with van der Waals surface area (Å²) in [6, 6.07) is 7.19. The Bertz CT molecular complexity index is 904. The van der Waals surface area contributed by atoms with E-state index in [1.807, 2.05) is 17.9 Å². The highest BCUT2D eigenvalue weighted by atomic mass is 32.2. The fourth-order valence-electron chi connectivity index (χ4n) is 3.24. The van der Waals surface area contributed by atoms with E-state index in [-0.39, 0.29) is 17.5 Å². The van der Waals surface area contributed by atoms with Crippen molar-refractivity contribution >= 4 is 27.3 Å². The van der Waals surface area contributed by atoms with Crippen molar-refractivity contribution in [3.63, 3.8) is 0 Å². The van der Waals surface area contributed by atoms with Gasteiger partial charge in [-0.2, -0.15) is 4.98 Å². The predicted octanol–water partition coefficient (Wildman–Crippen LogP) is 2.25. The number of sulfone groups is 1. The Morgan fingerprint density at radius 2 is 2.00 bits per heavy atom. The van der Waals surface area contributed by atoms with Crippen LogP contribution in [0.5, 0.6) is 11.5 Å². The largest absolute Gasteiger partial charge is 0.493 e. The molecule has 0 saturated carbocycles. The molecular formula is C18H24N4O4S. The van der Waals surface area contributed by atoms with E-state index in [2.05, 4.69) is 15.3 Å². The molecule has 1 aliphatic rings. The normalized spacial score (nSPS) is 18.1. The van der Waals surface area contributed by atoms with Gasteiger partial charge in [-0.15, -0.1) is 0 Å². The molecular weight excluding hydrogens is 368 g/mol. The van der Waals surface area contributed by atoms with E-state index < -0.39 is 9.84 Å². The number of ether oxygens (including phenoxy) is 2. The molecule has 27 heavy (non-hydrogen) atoms. The smallest absolute Gasteiger partial charge is 0.229 e. The van der Waals surface area contributed by atoms with Gasteiger partial charge in [0.25, 0.3) is 0 Å². The van der Waals surface area contributed by atoms with Crippen molar-refractivity contribution in [2.24, 2.45) is 0 Å². The van der Waals surface area contributed by atoms with Crippen LogP contribution in [-0.4, -0.2) is 56.7 Å².